The molecule has 1 aliphatic rings. The highest BCUT2D eigenvalue weighted by atomic mass is 32.1. The van der Waals surface area contributed by atoms with Crippen molar-refractivity contribution < 1.29 is 9.59 Å². The van der Waals surface area contributed by atoms with E-state index >= 15 is 0 Å². The number of thiazole rings is 1. The molecule has 24 heavy (non-hydrogen) atoms. The van der Waals surface area contributed by atoms with Crippen molar-refractivity contribution in [2.75, 3.05) is 5.32 Å². The summed E-state index contributed by atoms with van der Waals surface area (Å²) in [5.74, 6) is 0.213. The van der Waals surface area contributed by atoms with Crippen molar-refractivity contribution >= 4 is 28.3 Å². The number of nitrogens with two attached hydrogens (primary N) is 1. The Morgan fingerprint density at radius 3 is 2.83 bits per heavy atom. The van der Waals surface area contributed by atoms with Gasteiger partial charge in [0, 0.05) is 23.6 Å². The predicted octanol–water partition coefficient (Wildman–Crippen LogP) is 3.54. The molecule has 2 aromatic heterocycles. The molecule has 0 aliphatic heterocycles. The van der Waals surface area contributed by atoms with Crippen LogP contribution in [-0.2, 0) is 4.79 Å². The van der Waals surface area contributed by atoms with Crippen molar-refractivity contribution in [3.8, 4) is 11.3 Å². The summed E-state index contributed by atoms with van der Waals surface area (Å²) in [5, 5.41) is 5.30. The fourth-order valence-electron chi connectivity index (χ4n) is 3.14. The molecule has 3 rings (SSSR count). The lowest BCUT2D eigenvalue weighted by molar-refractivity contribution is -0.116. The molecule has 6 nitrogen and oxygen atoms in total. The zero-order valence-electron chi connectivity index (χ0n) is 13.5. The Kier molecular flexibility index (Phi) is 5.30. The van der Waals surface area contributed by atoms with E-state index in [1.54, 1.807) is 12.3 Å². The van der Waals surface area contributed by atoms with Gasteiger partial charge in [-0.15, -0.1) is 11.3 Å². The van der Waals surface area contributed by atoms with Crippen LogP contribution in [0.5, 0.6) is 0 Å². The first-order chi connectivity index (χ1) is 11.6. The number of nitrogens with one attached hydrogen (secondary N) is 2. The molecule has 0 unspecified atom stereocenters. The number of H-pyrrole nitrogens is 1. The van der Waals surface area contributed by atoms with Crippen LogP contribution in [-0.4, -0.2) is 21.8 Å². The van der Waals surface area contributed by atoms with E-state index in [-0.39, 0.29) is 5.91 Å². The monoisotopic (exact) mass is 346 g/mol. The van der Waals surface area contributed by atoms with Crippen molar-refractivity contribution in [3.63, 3.8) is 0 Å². The molecule has 7 heteroatoms. The van der Waals surface area contributed by atoms with E-state index in [0.29, 0.717) is 28.9 Å². The Morgan fingerprint density at radius 2 is 2.12 bits per heavy atom. The Labute approximate surface area is 144 Å². The first kappa shape index (κ1) is 16.7. The first-order valence-corrected chi connectivity index (χ1v) is 9.24. The normalized spacial score (nSPS) is 15.3. The van der Waals surface area contributed by atoms with Crippen molar-refractivity contribution in [2.24, 2.45) is 11.7 Å². The van der Waals surface area contributed by atoms with Gasteiger partial charge in [0.25, 0.3) is 5.91 Å². The smallest absolute Gasteiger partial charge is 0.265 e. The van der Waals surface area contributed by atoms with Gasteiger partial charge in [0.05, 0.1) is 5.69 Å². The van der Waals surface area contributed by atoms with Crippen molar-refractivity contribution in [3.05, 3.63) is 23.3 Å². The van der Waals surface area contributed by atoms with E-state index in [4.69, 9.17) is 5.73 Å². The third-order valence-corrected chi connectivity index (χ3v) is 5.26. The Balaban J connectivity index is 1.53. The van der Waals surface area contributed by atoms with Gasteiger partial charge in [0.1, 0.15) is 5.69 Å². The highest BCUT2D eigenvalue weighted by Gasteiger charge is 2.16. The maximum atomic E-state index is 12.1. The molecule has 0 bridgehead atoms. The second-order valence-electron chi connectivity index (χ2n) is 6.30. The predicted molar refractivity (Wildman–Crippen MR) is 94.9 cm³/mol. The fraction of sp³-hybridized carbons (Fsp3) is 0.471. The quantitative estimate of drug-likeness (QED) is 0.745. The lowest BCUT2D eigenvalue weighted by atomic mass is 9.86. The van der Waals surface area contributed by atoms with Crippen molar-refractivity contribution in [1.82, 2.24) is 9.97 Å². The Hall–Kier alpha value is -2.15. The van der Waals surface area contributed by atoms with E-state index in [1.807, 2.05) is 5.38 Å². The topological polar surface area (TPSA) is 101 Å². The molecule has 2 heterocycles. The summed E-state index contributed by atoms with van der Waals surface area (Å²) >= 11 is 1.38. The third-order valence-electron chi connectivity index (χ3n) is 4.50. The number of rotatable bonds is 6. The molecule has 2 aromatic rings. The van der Waals surface area contributed by atoms with Gasteiger partial charge in [-0.25, -0.2) is 4.98 Å². The molecule has 0 aromatic carbocycles. The van der Waals surface area contributed by atoms with Gasteiger partial charge in [-0.1, -0.05) is 32.1 Å². The maximum Gasteiger partial charge on any atom is 0.265 e. The zero-order chi connectivity index (χ0) is 16.9. The standard InChI is InChI=1S/C17H22N4O2S/c18-16(23)13-8-12(9-19-13)14-10-24-17(20-14)21-15(22)7-6-11-4-2-1-3-5-11/h8-11,19H,1-7H2,(H2,18,23)(H,20,21,22). The molecule has 1 saturated carbocycles. The number of carbonyl (C=O) groups excluding carboxylic acids is 2. The minimum absolute atomic E-state index is 0.0216. The van der Waals surface area contributed by atoms with E-state index < -0.39 is 5.91 Å². The average molecular weight is 346 g/mol. The van der Waals surface area contributed by atoms with Crippen LogP contribution in [0.2, 0.25) is 0 Å². The molecule has 0 atom stereocenters. The number of aromatic amines is 1. The molecule has 1 fully saturated rings. The van der Waals surface area contributed by atoms with Crippen LogP contribution in [0.3, 0.4) is 0 Å². The van der Waals surface area contributed by atoms with Crippen LogP contribution in [0.4, 0.5) is 5.13 Å². The minimum Gasteiger partial charge on any atom is -0.364 e. The Bertz CT molecular complexity index is 716. The summed E-state index contributed by atoms with van der Waals surface area (Å²) < 4.78 is 0. The third kappa shape index (κ3) is 4.23. The summed E-state index contributed by atoms with van der Waals surface area (Å²) in [4.78, 5) is 30.4. The molecular weight excluding hydrogens is 324 g/mol. The van der Waals surface area contributed by atoms with E-state index in [0.717, 1.165) is 12.0 Å². The number of anilines is 1. The summed E-state index contributed by atoms with van der Waals surface area (Å²) in [5.41, 5.74) is 7.06. The molecule has 1 aliphatic carbocycles. The van der Waals surface area contributed by atoms with Gasteiger partial charge < -0.3 is 16.0 Å². The van der Waals surface area contributed by atoms with Gasteiger partial charge >= 0.3 is 0 Å². The Morgan fingerprint density at radius 1 is 1.33 bits per heavy atom. The molecule has 4 N–H and O–H groups in total. The molecule has 0 spiro atoms. The number of aromatic nitrogens is 2. The van der Waals surface area contributed by atoms with Gasteiger partial charge in [-0.3, -0.25) is 9.59 Å². The molecule has 0 radical (unpaired) electrons. The van der Waals surface area contributed by atoms with E-state index in [2.05, 4.69) is 15.3 Å². The maximum absolute atomic E-state index is 12.1. The van der Waals surface area contributed by atoms with Crippen molar-refractivity contribution in [2.45, 2.75) is 44.9 Å². The number of amides is 2. The second kappa shape index (κ2) is 7.61. The second-order valence-corrected chi connectivity index (χ2v) is 7.15. The van der Waals surface area contributed by atoms with Crippen molar-refractivity contribution in [1.29, 1.82) is 0 Å². The van der Waals surface area contributed by atoms with Gasteiger partial charge in [-0.2, -0.15) is 0 Å². The number of nitrogens with zero attached hydrogens (tertiary/aromatic N) is 1. The SMILES string of the molecule is NC(=O)c1cc(-c2csc(NC(=O)CCC3CCCCC3)n2)c[nH]1. The summed E-state index contributed by atoms with van der Waals surface area (Å²) in [6, 6.07) is 1.66. The highest BCUT2D eigenvalue weighted by molar-refractivity contribution is 7.14. The first-order valence-electron chi connectivity index (χ1n) is 8.36. The van der Waals surface area contributed by atoms with E-state index in [9.17, 15) is 9.59 Å². The van der Waals surface area contributed by atoms with E-state index in [1.165, 1.54) is 43.4 Å². The molecule has 0 saturated heterocycles. The summed E-state index contributed by atoms with van der Waals surface area (Å²) in [7, 11) is 0. The van der Waals surface area contributed by atoms with Crippen LogP contribution < -0.4 is 11.1 Å². The molecule has 128 valence electrons. The van der Waals surface area contributed by atoms with Gasteiger partial charge in [0.2, 0.25) is 5.91 Å². The van der Waals surface area contributed by atoms with Gasteiger partial charge in [0.15, 0.2) is 5.13 Å². The van der Waals surface area contributed by atoms with Crippen LogP contribution in [0.1, 0.15) is 55.4 Å². The minimum atomic E-state index is -0.507. The van der Waals surface area contributed by atoms with Gasteiger partial charge in [-0.05, 0) is 18.4 Å². The average Bonchev–Trinajstić information content (AvgIpc) is 3.23. The summed E-state index contributed by atoms with van der Waals surface area (Å²) in [6.07, 6.45) is 9.64. The number of hydrogen-bond donors (Lipinski definition) is 3. The number of primary amides is 1. The molecular formula is C17H22N4O2S. The van der Waals surface area contributed by atoms with Crippen LogP contribution >= 0.6 is 11.3 Å². The highest BCUT2D eigenvalue weighted by Crippen LogP contribution is 2.28. The largest absolute Gasteiger partial charge is 0.364 e. The number of carbonyl (C=O) groups is 2. The lowest BCUT2D eigenvalue weighted by Crippen LogP contribution is -2.14. The molecule has 2 amide bonds. The van der Waals surface area contributed by atoms with Crippen LogP contribution in [0.15, 0.2) is 17.6 Å². The zero-order valence-corrected chi connectivity index (χ0v) is 14.3. The van der Waals surface area contributed by atoms with Crippen LogP contribution in [0.25, 0.3) is 11.3 Å². The fourth-order valence-corrected chi connectivity index (χ4v) is 3.88. The lowest BCUT2D eigenvalue weighted by Gasteiger charge is -2.20. The van der Waals surface area contributed by atoms with Crippen LogP contribution in [0, 0.1) is 5.92 Å². The number of hydrogen-bond acceptors (Lipinski definition) is 4. The summed E-state index contributed by atoms with van der Waals surface area (Å²) in [6.45, 7) is 0.